The molecule has 0 aromatic heterocycles. The van der Waals surface area contributed by atoms with Gasteiger partial charge in [-0.2, -0.15) is 0 Å². The molecule has 1 aromatic carbocycles. The van der Waals surface area contributed by atoms with E-state index in [9.17, 15) is 0 Å². The molecular weight excluding hydrogens is 250 g/mol. The monoisotopic (exact) mass is 269 g/mol. The fourth-order valence-electron chi connectivity index (χ4n) is 2.85. The van der Waals surface area contributed by atoms with Gasteiger partial charge >= 0.3 is 0 Å². The molecule has 2 N–H and O–H groups in total. The lowest BCUT2D eigenvalue weighted by atomic mass is 9.87. The zero-order valence-electron chi connectivity index (χ0n) is 10.9. The Bertz CT molecular complexity index is 416. The average molecular weight is 270 g/mol. The Morgan fingerprint density at radius 1 is 1.28 bits per heavy atom. The summed E-state index contributed by atoms with van der Waals surface area (Å²) in [4.78, 5) is 0. The van der Waals surface area contributed by atoms with Crippen molar-refractivity contribution in [2.24, 2.45) is 5.73 Å². The highest BCUT2D eigenvalue weighted by atomic mass is 35.5. The Balaban J connectivity index is 2.37. The van der Waals surface area contributed by atoms with Gasteiger partial charge in [0, 0.05) is 17.7 Å². The SMILES string of the molecule is COc1ccc(Cl)cc1C(N)C1(OC)CCCC1. The van der Waals surface area contributed by atoms with Gasteiger partial charge in [-0.25, -0.2) is 0 Å². The van der Waals surface area contributed by atoms with Gasteiger partial charge in [0.2, 0.25) is 0 Å². The van der Waals surface area contributed by atoms with Gasteiger partial charge < -0.3 is 15.2 Å². The van der Waals surface area contributed by atoms with Crippen LogP contribution in [0.25, 0.3) is 0 Å². The molecule has 2 rings (SSSR count). The molecule has 0 bridgehead atoms. The smallest absolute Gasteiger partial charge is 0.123 e. The highest BCUT2D eigenvalue weighted by Gasteiger charge is 2.41. The first-order valence-electron chi connectivity index (χ1n) is 6.27. The number of halogens is 1. The highest BCUT2D eigenvalue weighted by Crippen LogP contribution is 2.43. The molecule has 0 radical (unpaired) electrons. The van der Waals surface area contributed by atoms with E-state index in [1.807, 2.05) is 18.2 Å². The molecule has 0 saturated heterocycles. The van der Waals surface area contributed by atoms with Crippen LogP contribution in [0.1, 0.15) is 37.3 Å². The van der Waals surface area contributed by atoms with Crippen molar-refractivity contribution in [2.75, 3.05) is 14.2 Å². The first-order chi connectivity index (χ1) is 8.63. The van der Waals surface area contributed by atoms with Crippen molar-refractivity contribution in [2.45, 2.75) is 37.3 Å². The molecule has 1 aliphatic rings. The van der Waals surface area contributed by atoms with Crippen molar-refractivity contribution < 1.29 is 9.47 Å². The number of hydrogen-bond acceptors (Lipinski definition) is 3. The van der Waals surface area contributed by atoms with Crippen LogP contribution in [-0.4, -0.2) is 19.8 Å². The van der Waals surface area contributed by atoms with Crippen LogP contribution in [0.3, 0.4) is 0 Å². The number of hydrogen-bond donors (Lipinski definition) is 1. The second-order valence-corrected chi connectivity index (χ2v) is 5.28. The van der Waals surface area contributed by atoms with E-state index in [1.165, 1.54) is 0 Å². The first-order valence-corrected chi connectivity index (χ1v) is 6.65. The van der Waals surface area contributed by atoms with Crippen molar-refractivity contribution in [1.29, 1.82) is 0 Å². The zero-order chi connectivity index (χ0) is 13.2. The number of ether oxygens (including phenoxy) is 2. The number of methoxy groups -OCH3 is 2. The molecule has 1 aliphatic carbocycles. The van der Waals surface area contributed by atoms with Crippen LogP contribution in [0.4, 0.5) is 0 Å². The normalized spacial score (nSPS) is 19.8. The largest absolute Gasteiger partial charge is 0.496 e. The minimum Gasteiger partial charge on any atom is -0.496 e. The molecule has 18 heavy (non-hydrogen) atoms. The molecule has 1 aromatic rings. The summed E-state index contributed by atoms with van der Waals surface area (Å²) in [5.74, 6) is 0.773. The Morgan fingerprint density at radius 3 is 2.50 bits per heavy atom. The fraction of sp³-hybridized carbons (Fsp3) is 0.571. The van der Waals surface area contributed by atoms with Gasteiger partial charge in [0.05, 0.1) is 18.8 Å². The summed E-state index contributed by atoms with van der Waals surface area (Å²) in [6.07, 6.45) is 4.29. The second-order valence-electron chi connectivity index (χ2n) is 4.84. The molecule has 0 spiro atoms. The predicted molar refractivity (Wildman–Crippen MR) is 73.1 cm³/mol. The van der Waals surface area contributed by atoms with Crippen molar-refractivity contribution in [3.05, 3.63) is 28.8 Å². The van der Waals surface area contributed by atoms with E-state index in [-0.39, 0.29) is 11.6 Å². The summed E-state index contributed by atoms with van der Waals surface area (Å²) in [7, 11) is 3.38. The van der Waals surface area contributed by atoms with E-state index in [1.54, 1.807) is 14.2 Å². The molecule has 0 amide bonds. The van der Waals surface area contributed by atoms with Crippen LogP contribution >= 0.6 is 11.6 Å². The van der Waals surface area contributed by atoms with Gasteiger partial charge in [-0.05, 0) is 31.0 Å². The molecule has 1 fully saturated rings. The fourth-order valence-corrected chi connectivity index (χ4v) is 3.03. The van der Waals surface area contributed by atoms with Crippen molar-refractivity contribution in [1.82, 2.24) is 0 Å². The maximum absolute atomic E-state index is 6.43. The van der Waals surface area contributed by atoms with Gasteiger partial charge in [0.15, 0.2) is 0 Å². The summed E-state index contributed by atoms with van der Waals surface area (Å²) in [5.41, 5.74) is 7.07. The first kappa shape index (κ1) is 13.7. The van der Waals surface area contributed by atoms with Crippen LogP contribution < -0.4 is 10.5 Å². The lowest BCUT2D eigenvalue weighted by molar-refractivity contribution is -0.0268. The standard InChI is InChI=1S/C14H20ClNO2/c1-17-12-6-5-10(15)9-11(12)13(16)14(18-2)7-3-4-8-14/h5-6,9,13H,3-4,7-8,16H2,1-2H3. The van der Waals surface area contributed by atoms with Crippen LogP contribution in [0.5, 0.6) is 5.75 Å². The summed E-state index contributed by atoms with van der Waals surface area (Å²) in [6, 6.07) is 5.34. The van der Waals surface area contributed by atoms with Crippen LogP contribution in [-0.2, 0) is 4.74 Å². The molecule has 3 nitrogen and oxygen atoms in total. The van der Waals surface area contributed by atoms with Crippen molar-refractivity contribution in [3.8, 4) is 5.75 Å². The Kier molecular flexibility index (Phi) is 4.15. The van der Waals surface area contributed by atoms with Gasteiger partial charge in [-0.1, -0.05) is 24.4 Å². The Labute approximate surface area is 113 Å². The molecule has 0 aliphatic heterocycles. The van der Waals surface area contributed by atoms with E-state index in [0.29, 0.717) is 5.02 Å². The van der Waals surface area contributed by atoms with Crippen LogP contribution in [0, 0.1) is 0 Å². The topological polar surface area (TPSA) is 44.5 Å². The van der Waals surface area contributed by atoms with Gasteiger partial charge in [-0.3, -0.25) is 0 Å². The zero-order valence-corrected chi connectivity index (χ0v) is 11.7. The molecule has 1 saturated carbocycles. The molecule has 4 heteroatoms. The third-order valence-corrected chi connectivity index (χ3v) is 4.19. The third kappa shape index (κ3) is 2.35. The third-order valence-electron chi connectivity index (χ3n) is 3.95. The molecular formula is C14H20ClNO2. The van der Waals surface area contributed by atoms with Crippen LogP contribution in [0.2, 0.25) is 5.02 Å². The summed E-state index contributed by atoms with van der Waals surface area (Å²) < 4.78 is 11.1. The average Bonchev–Trinajstić information content (AvgIpc) is 2.87. The van der Waals surface area contributed by atoms with E-state index in [0.717, 1.165) is 37.0 Å². The lowest BCUT2D eigenvalue weighted by Gasteiger charge is -2.34. The molecule has 100 valence electrons. The highest BCUT2D eigenvalue weighted by molar-refractivity contribution is 6.30. The van der Waals surface area contributed by atoms with Gasteiger partial charge in [0.1, 0.15) is 5.75 Å². The summed E-state index contributed by atoms with van der Waals surface area (Å²) >= 11 is 6.06. The van der Waals surface area contributed by atoms with E-state index in [4.69, 9.17) is 26.8 Å². The van der Waals surface area contributed by atoms with E-state index < -0.39 is 0 Å². The lowest BCUT2D eigenvalue weighted by Crippen LogP contribution is -2.40. The number of rotatable bonds is 4. The maximum Gasteiger partial charge on any atom is 0.123 e. The summed E-state index contributed by atoms with van der Waals surface area (Å²) in [5, 5.41) is 0.672. The molecule has 1 atom stereocenters. The number of nitrogens with two attached hydrogens (primary N) is 1. The molecule has 0 heterocycles. The second kappa shape index (κ2) is 5.47. The number of benzene rings is 1. The molecule has 1 unspecified atom stereocenters. The quantitative estimate of drug-likeness (QED) is 0.912. The van der Waals surface area contributed by atoms with Crippen molar-refractivity contribution >= 4 is 11.6 Å². The summed E-state index contributed by atoms with van der Waals surface area (Å²) in [6.45, 7) is 0. The minimum atomic E-state index is -0.280. The van der Waals surface area contributed by atoms with E-state index >= 15 is 0 Å². The Hall–Kier alpha value is -0.770. The van der Waals surface area contributed by atoms with Crippen molar-refractivity contribution in [3.63, 3.8) is 0 Å². The van der Waals surface area contributed by atoms with Gasteiger partial charge in [-0.15, -0.1) is 0 Å². The van der Waals surface area contributed by atoms with Gasteiger partial charge in [0.25, 0.3) is 0 Å². The maximum atomic E-state index is 6.43. The minimum absolute atomic E-state index is 0.210. The van der Waals surface area contributed by atoms with E-state index in [2.05, 4.69) is 0 Å². The Morgan fingerprint density at radius 2 is 1.94 bits per heavy atom. The van der Waals surface area contributed by atoms with Crippen LogP contribution in [0.15, 0.2) is 18.2 Å². The predicted octanol–water partition coefficient (Wildman–Crippen LogP) is 3.31.